The molecule has 0 saturated heterocycles. The first-order valence-corrected chi connectivity index (χ1v) is 5.10. The fourth-order valence-electron chi connectivity index (χ4n) is 1.12. The molecule has 82 valence electrons. The van der Waals surface area contributed by atoms with E-state index in [9.17, 15) is 4.79 Å². The van der Waals surface area contributed by atoms with Crippen LogP contribution in [0.5, 0.6) is 5.75 Å². The minimum absolute atomic E-state index is 0.397. The zero-order valence-electron chi connectivity index (χ0n) is 8.70. The molecule has 4 heteroatoms. The molecule has 0 heterocycles. The van der Waals surface area contributed by atoms with Gasteiger partial charge in [-0.1, -0.05) is 12.1 Å². The number of halogens is 1. The normalized spacial score (nSPS) is 11.9. The largest absolute Gasteiger partial charge is 0.479 e. The first-order chi connectivity index (χ1) is 7.17. The van der Waals surface area contributed by atoms with Gasteiger partial charge in [0.05, 0.1) is 7.11 Å². The van der Waals surface area contributed by atoms with E-state index in [2.05, 4.69) is 4.74 Å². The van der Waals surface area contributed by atoms with Crippen LogP contribution in [0.2, 0.25) is 0 Å². The molecule has 0 saturated carbocycles. The maximum Gasteiger partial charge on any atom is 0.346 e. The Morgan fingerprint density at radius 1 is 1.53 bits per heavy atom. The molecule has 1 aromatic carbocycles. The predicted molar refractivity (Wildman–Crippen MR) is 58.1 cm³/mol. The van der Waals surface area contributed by atoms with Crippen molar-refractivity contribution in [1.29, 1.82) is 0 Å². The van der Waals surface area contributed by atoms with Gasteiger partial charge in [-0.3, -0.25) is 0 Å². The zero-order valence-corrected chi connectivity index (χ0v) is 9.45. The Bertz CT molecular complexity index is 338. The Kier molecular flexibility index (Phi) is 4.43. The second kappa shape index (κ2) is 5.61. The van der Waals surface area contributed by atoms with Crippen molar-refractivity contribution in [1.82, 2.24) is 0 Å². The molecule has 1 atom stereocenters. The lowest BCUT2D eigenvalue weighted by Crippen LogP contribution is -2.24. The summed E-state index contributed by atoms with van der Waals surface area (Å²) < 4.78 is 9.93. The molecule has 0 bridgehead atoms. The number of esters is 1. The molecule has 3 nitrogen and oxygen atoms in total. The molecule has 1 aromatic rings. The maximum atomic E-state index is 11.1. The highest BCUT2D eigenvalue weighted by molar-refractivity contribution is 6.17. The van der Waals surface area contributed by atoms with Gasteiger partial charge in [-0.25, -0.2) is 4.79 Å². The molecule has 0 aliphatic heterocycles. The summed E-state index contributed by atoms with van der Waals surface area (Å²) in [5, 5.41) is 0. The number of hydrogen-bond acceptors (Lipinski definition) is 3. The third-order valence-electron chi connectivity index (χ3n) is 1.90. The van der Waals surface area contributed by atoms with Gasteiger partial charge < -0.3 is 9.47 Å². The highest BCUT2D eigenvalue weighted by Crippen LogP contribution is 2.16. The highest BCUT2D eigenvalue weighted by Gasteiger charge is 2.14. The average molecular weight is 229 g/mol. The minimum atomic E-state index is -0.611. The van der Waals surface area contributed by atoms with Crippen molar-refractivity contribution in [3.63, 3.8) is 0 Å². The van der Waals surface area contributed by atoms with Gasteiger partial charge in [0.2, 0.25) is 0 Å². The zero-order chi connectivity index (χ0) is 11.3. The standard InChI is InChI=1S/C11H13ClO3/c1-8(11(13)14-2)15-10-5-3-4-9(6-10)7-12/h3-6,8H,7H2,1-2H3. The second-order valence-electron chi connectivity index (χ2n) is 3.06. The molecule has 1 unspecified atom stereocenters. The lowest BCUT2D eigenvalue weighted by Gasteiger charge is -2.12. The summed E-state index contributed by atoms with van der Waals surface area (Å²) in [6, 6.07) is 7.29. The van der Waals surface area contributed by atoms with E-state index in [1.165, 1.54) is 7.11 Å². The van der Waals surface area contributed by atoms with Crippen LogP contribution < -0.4 is 4.74 Å². The molecule has 0 aliphatic rings. The highest BCUT2D eigenvalue weighted by atomic mass is 35.5. The van der Waals surface area contributed by atoms with Gasteiger partial charge in [-0.15, -0.1) is 11.6 Å². The summed E-state index contributed by atoms with van der Waals surface area (Å²) in [5.41, 5.74) is 0.950. The maximum absolute atomic E-state index is 11.1. The lowest BCUT2D eigenvalue weighted by atomic mass is 10.2. The second-order valence-corrected chi connectivity index (χ2v) is 3.33. The van der Waals surface area contributed by atoms with Crippen LogP contribution in [-0.4, -0.2) is 19.2 Å². The van der Waals surface area contributed by atoms with E-state index in [1.807, 2.05) is 12.1 Å². The molecule has 0 N–H and O–H groups in total. The van der Waals surface area contributed by atoms with Crippen molar-refractivity contribution in [2.45, 2.75) is 18.9 Å². The number of ether oxygens (including phenoxy) is 2. The van der Waals surface area contributed by atoms with Crippen molar-refractivity contribution in [2.75, 3.05) is 7.11 Å². The van der Waals surface area contributed by atoms with Crippen molar-refractivity contribution >= 4 is 17.6 Å². The van der Waals surface area contributed by atoms with E-state index in [-0.39, 0.29) is 0 Å². The Morgan fingerprint density at radius 2 is 2.27 bits per heavy atom. The number of carbonyl (C=O) groups is 1. The fraction of sp³-hybridized carbons (Fsp3) is 0.364. The topological polar surface area (TPSA) is 35.5 Å². The van der Waals surface area contributed by atoms with Crippen LogP contribution in [0.15, 0.2) is 24.3 Å². The van der Waals surface area contributed by atoms with Crippen molar-refractivity contribution in [3.05, 3.63) is 29.8 Å². The van der Waals surface area contributed by atoms with Gasteiger partial charge in [0.1, 0.15) is 5.75 Å². The predicted octanol–water partition coefficient (Wildman–Crippen LogP) is 2.37. The summed E-state index contributed by atoms with van der Waals surface area (Å²) in [6.07, 6.45) is -0.611. The van der Waals surface area contributed by atoms with Gasteiger partial charge >= 0.3 is 5.97 Å². The molecule has 0 spiro atoms. The Labute approximate surface area is 93.9 Å². The number of hydrogen-bond donors (Lipinski definition) is 0. The van der Waals surface area contributed by atoms with E-state index in [0.717, 1.165) is 5.56 Å². The first-order valence-electron chi connectivity index (χ1n) is 4.56. The van der Waals surface area contributed by atoms with Crippen LogP contribution in [-0.2, 0) is 15.4 Å². The van der Waals surface area contributed by atoms with Gasteiger partial charge in [0, 0.05) is 5.88 Å². The van der Waals surface area contributed by atoms with E-state index < -0.39 is 12.1 Å². The monoisotopic (exact) mass is 228 g/mol. The molecule has 0 aliphatic carbocycles. The minimum Gasteiger partial charge on any atom is -0.479 e. The smallest absolute Gasteiger partial charge is 0.346 e. The molecule has 0 aromatic heterocycles. The van der Waals surface area contributed by atoms with Crippen molar-refractivity contribution in [2.24, 2.45) is 0 Å². The fourth-order valence-corrected chi connectivity index (χ4v) is 1.29. The Hall–Kier alpha value is -1.22. The van der Waals surface area contributed by atoms with Crippen LogP contribution in [0.1, 0.15) is 12.5 Å². The Balaban J connectivity index is 2.67. The SMILES string of the molecule is COC(=O)C(C)Oc1cccc(CCl)c1. The number of alkyl halides is 1. The Morgan fingerprint density at radius 3 is 2.87 bits per heavy atom. The lowest BCUT2D eigenvalue weighted by molar-refractivity contribution is -0.147. The van der Waals surface area contributed by atoms with Crippen LogP contribution in [0.3, 0.4) is 0 Å². The van der Waals surface area contributed by atoms with Crippen LogP contribution in [0.25, 0.3) is 0 Å². The third-order valence-corrected chi connectivity index (χ3v) is 2.21. The van der Waals surface area contributed by atoms with Crippen LogP contribution in [0.4, 0.5) is 0 Å². The average Bonchev–Trinajstić information content (AvgIpc) is 2.28. The molecule has 0 fully saturated rings. The van der Waals surface area contributed by atoms with E-state index in [1.54, 1.807) is 19.1 Å². The summed E-state index contributed by atoms with van der Waals surface area (Å²) in [6.45, 7) is 1.64. The summed E-state index contributed by atoms with van der Waals surface area (Å²) >= 11 is 5.68. The summed E-state index contributed by atoms with van der Waals surface area (Å²) in [4.78, 5) is 11.1. The van der Waals surface area contributed by atoms with Gasteiger partial charge in [-0.05, 0) is 24.6 Å². The van der Waals surface area contributed by atoms with E-state index >= 15 is 0 Å². The molecular formula is C11H13ClO3. The van der Waals surface area contributed by atoms with Crippen molar-refractivity contribution < 1.29 is 14.3 Å². The summed E-state index contributed by atoms with van der Waals surface area (Å²) in [7, 11) is 1.33. The molecule has 1 rings (SSSR count). The number of rotatable bonds is 4. The van der Waals surface area contributed by atoms with E-state index in [0.29, 0.717) is 11.6 Å². The quantitative estimate of drug-likeness (QED) is 0.586. The first kappa shape index (κ1) is 11.9. The number of methoxy groups -OCH3 is 1. The summed E-state index contributed by atoms with van der Waals surface area (Å²) in [5.74, 6) is 0.640. The number of carbonyl (C=O) groups excluding carboxylic acids is 1. The van der Waals surface area contributed by atoms with Crippen LogP contribution >= 0.6 is 11.6 Å². The van der Waals surface area contributed by atoms with Crippen molar-refractivity contribution in [3.8, 4) is 5.75 Å². The number of benzene rings is 1. The molecule has 0 radical (unpaired) electrons. The van der Waals surface area contributed by atoms with E-state index in [4.69, 9.17) is 16.3 Å². The molecule has 0 amide bonds. The third kappa shape index (κ3) is 3.44. The van der Waals surface area contributed by atoms with Gasteiger partial charge in [0.25, 0.3) is 0 Å². The van der Waals surface area contributed by atoms with Gasteiger partial charge in [-0.2, -0.15) is 0 Å². The van der Waals surface area contributed by atoms with Gasteiger partial charge in [0.15, 0.2) is 6.10 Å². The molecular weight excluding hydrogens is 216 g/mol. The molecule has 15 heavy (non-hydrogen) atoms. The van der Waals surface area contributed by atoms with Crippen LogP contribution in [0, 0.1) is 0 Å².